The number of esters is 2. The number of aliphatic hydroxyl groups is 1. The van der Waals surface area contributed by atoms with E-state index in [9.17, 15) is 14.7 Å². The summed E-state index contributed by atoms with van der Waals surface area (Å²) in [6.45, 7) is 5.58. The highest BCUT2D eigenvalue weighted by Crippen LogP contribution is 2.21. The molecule has 0 fully saturated rings. The van der Waals surface area contributed by atoms with Crippen LogP contribution in [-0.2, 0) is 20.7 Å². The zero-order valence-electron chi connectivity index (χ0n) is 17.8. The molecule has 0 heterocycles. The maximum absolute atomic E-state index is 12.2. The molecule has 0 aliphatic heterocycles. The normalized spacial score (nSPS) is 12.2. The Balaban J connectivity index is 1.82. The maximum atomic E-state index is 12.2. The molecule has 0 amide bonds. The maximum Gasteiger partial charge on any atom is 0.320 e. The minimum absolute atomic E-state index is 0.00692. The molecule has 2 aromatic carbocycles. The molecule has 30 heavy (non-hydrogen) atoms. The van der Waals surface area contributed by atoms with Gasteiger partial charge in [-0.15, -0.1) is 0 Å². The van der Waals surface area contributed by atoms with E-state index in [-0.39, 0.29) is 25.5 Å². The lowest BCUT2D eigenvalue weighted by atomic mass is 10.1. The second-order valence-electron chi connectivity index (χ2n) is 7.76. The van der Waals surface area contributed by atoms with E-state index in [0.717, 1.165) is 5.56 Å². The minimum atomic E-state index is -0.814. The molecule has 0 radical (unpaired) electrons. The van der Waals surface area contributed by atoms with Crippen LogP contribution in [0.4, 0.5) is 0 Å². The van der Waals surface area contributed by atoms with Crippen LogP contribution in [0.2, 0.25) is 0 Å². The fourth-order valence-electron chi connectivity index (χ4n) is 2.74. The Kier molecular flexibility index (Phi) is 8.38. The summed E-state index contributed by atoms with van der Waals surface area (Å²) in [7, 11) is 1.55. The number of carbonyl (C=O) groups is 2. The number of hydrogen-bond donors (Lipinski definition) is 2. The summed E-state index contributed by atoms with van der Waals surface area (Å²) in [6, 6.07) is 13.8. The van der Waals surface area contributed by atoms with Crippen LogP contribution in [-0.4, -0.2) is 42.8 Å². The first-order chi connectivity index (χ1) is 14.2. The second-order valence-corrected chi connectivity index (χ2v) is 7.76. The summed E-state index contributed by atoms with van der Waals surface area (Å²) in [6.07, 6.45) is -0.728. The van der Waals surface area contributed by atoms with Crippen molar-refractivity contribution in [3.63, 3.8) is 0 Å². The summed E-state index contributed by atoms with van der Waals surface area (Å²) in [5.41, 5.74) is 0.834. The van der Waals surface area contributed by atoms with E-state index >= 15 is 0 Å². The van der Waals surface area contributed by atoms with E-state index < -0.39 is 17.7 Å². The largest absolute Gasteiger partial charge is 0.496 e. The fourth-order valence-corrected chi connectivity index (χ4v) is 2.74. The van der Waals surface area contributed by atoms with Crippen molar-refractivity contribution >= 4 is 11.9 Å². The van der Waals surface area contributed by atoms with Crippen LogP contribution < -0.4 is 14.8 Å². The third kappa shape index (κ3) is 7.85. The number of benzene rings is 2. The van der Waals surface area contributed by atoms with Crippen molar-refractivity contribution in [1.29, 1.82) is 0 Å². The van der Waals surface area contributed by atoms with Gasteiger partial charge < -0.3 is 24.6 Å². The van der Waals surface area contributed by atoms with Crippen molar-refractivity contribution < 1.29 is 28.9 Å². The van der Waals surface area contributed by atoms with Crippen molar-refractivity contribution in [2.45, 2.75) is 38.9 Å². The molecule has 0 saturated carbocycles. The molecule has 1 atom stereocenters. The molecule has 0 aromatic heterocycles. The first-order valence-corrected chi connectivity index (χ1v) is 9.71. The van der Waals surface area contributed by atoms with Crippen molar-refractivity contribution in [2.75, 3.05) is 20.2 Å². The molecule has 0 bridgehead atoms. The summed E-state index contributed by atoms with van der Waals surface area (Å²) in [4.78, 5) is 23.9. The van der Waals surface area contributed by atoms with E-state index in [0.29, 0.717) is 17.1 Å². The van der Waals surface area contributed by atoms with E-state index in [4.69, 9.17) is 14.2 Å². The summed E-state index contributed by atoms with van der Waals surface area (Å²) in [5.74, 6) is 0.221. The molecule has 7 nitrogen and oxygen atoms in total. The van der Waals surface area contributed by atoms with E-state index in [2.05, 4.69) is 5.32 Å². The lowest BCUT2D eigenvalue weighted by Gasteiger charge is -2.20. The average Bonchev–Trinajstić information content (AvgIpc) is 2.67. The SMILES string of the molecule is COc1ccccc1CC(=O)Oc1ccc(C(O)CNCC(=O)OC(C)(C)C)cc1. The predicted molar refractivity (Wildman–Crippen MR) is 112 cm³/mol. The van der Waals surface area contributed by atoms with Crippen LogP contribution in [0.3, 0.4) is 0 Å². The molecule has 1 unspecified atom stereocenters. The Labute approximate surface area is 177 Å². The zero-order chi connectivity index (χ0) is 22.1. The van der Waals surface area contributed by atoms with Crippen molar-refractivity contribution in [1.82, 2.24) is 5.32 Å². The van der Waals surface area contributed by atoms with Gasteiger partial charge in [0.25, 0.3) is 0 Å². The molecule has 7 heteroatoms. The summed E-state index contributed by atoms with van der Waals surface area (Å²) >= 11 is 0. The number of para-hydroxylation sites is 1. The number of rotatable bonds is 9. The van der Waals surface area contributed by atoms with Crippen LogP contribution in [0.1, 0.15) is 38.0 Å². The Hall–Kier alpha value is -2.90. The Morgan fingerprint density at radius 2 is 1.70 bits per heavy atom. The highest BCUT2D eigenvalue weighted by Gasteiger charge is 2.16. The summed E-state index contributed by atoms with van der Waals surface area (Å²) < 4.78 is 15.8. The van der Waals surface area contributed by atoms with Gasteiger partial charge in [-0.2, -0.15) is 0 Å². The molecular weight excluding hydrogens is 386 g/mol. The molecule has 0 aliphatic carbocycles. The van der Waals surface area contributed by atoms with Gasteiger partial charge in [0.15, 0.2) is 0 Å². The standard InChI is InChI=1S/C23H29NO6/c1-23(2,3)30-22(27)15-24-14-19(25)16-9-11-18(12-10-16)29-21(26)13-17-7-5-6-8-20(17)28-4/h5-12,19,24-25H,13-15H2,1-4H3. The predicted octanol–water partition coefficient (Wildman–Crippen LogP) is 2.81. The van der Waals surface area contributed by atoms with Crippen LogP contribution in [0, 0.1) is 0 Å². The topological polar surface area (TPSA) is 94.1 Å². The quantitative estimate of drug-likeness (QED) is 0.480. The van der Waals surface area contributed by atoms with Gasteiger partial charge in [0.1, 0.15) is 17.1 Å². The smallest absolute Gasteiger partial charge is 0.320 e. The van der Waals surface area contributed by atoms with Gasteiger partial charge in [-0.3, -0.25) is 9.59 Å². The first-order valence-electron chi connectivity index (χ1n) is 9.71. The zero-order valence-corrected chi connectivity index (χ0v) is 17.8. The Bertz CT molecular complexity index is 842. The molecule has 2 N–H and O–H groups in total. The van der Waals surface area contributed by atoms with Gasteiger partial charge in [-0.05, 0) is 44.5 Å². The monoisotopic (exact) mass is 415 g/mol. The minimum Gasteiger partial charge on any atom is -0.496 e. The van der Waals surface area contributed by atoms with E-state index in [1.807, 2.05) is 18.2 Å². The van der Waals surface area contributed by atoms with Crippen molar-refractivity contribution in [3.05, 3.63) is 59.7 Å². The lowest BCUT2D eigenvalue weighted by Crippen LogP contribution is -2.33. The molecule has 0 aliphatic rings. The van der Waals surface area contributed by atoms with Gasteiger partial charge in [-0.1, -0.05) is 30.3 Å². The third-order valence-corrected chi connectivity index (χ3v) is 4.05. The number of methoxy groups -OCH3 is 1. The number of ether oxygens (including phenoxy) is 3. The molecular formula is C23H29NO6. The molecule has 0 spiro atoms. The molecule has 0 saturated heterocycles. The van der Waals surface area contributed by atoms with Gasteiger partial charge in [0.2, 0.25) is 0 Å². The highest BCUT2D eigenvalue weighted by atomic mass is 16.6. The van der Waals surface area contributed by atoms with Crippen LogP contribution in [0.15, 0.2) is 48.5 Å². The van der Waals surface area contributed by atoms with E-state index in [1.165, 1.54) is 0 Å². The number of nitrogens with one attached hydrogen (secondary N) is 1. The van der Waals surface area contributed by atoms with Gasteiger partial charge in [-0.25, -0.2) is 0 Å². The molecule has 2 rings (SSSR count). The van der Waals surface area contributed by atoms with Crippen LogP contribution in [0.25, 0.3) is 0 Å². The van der Waals surface area contributed by atoms with E-state index in [1.54, 1.807) is 58.2 Å². The van der Waals surface area contributed by atoms with Crippen LogP contribution >= 0.6 is 0 Å². The number of hydrogen-bond acceptors (Lipinski definition) is 7. The Morgan fingerprint density at radius 3 is 2.33 bits per heavy atom. The average molecular weight is 415 g/mol. The summed E-state index contributed by atoms with van der Waals surface area (Å²) in [5, 5.41) is 13.1. The fraction of sp³-hybridized carbons (Fsp3) is 0.391. The van der Waals surface area contributed by atoms with Gasteiger partial charge in [0.05, 0.1) is 26.2 Å². The third-order valence-electron chi connectivity index (χ3n) is 4.05. The Morgan fingerprint density at radius 1 is 1.03 bits per heavy atom. The molecule has 162 valence electrons. The second kappa shape index (κ2) is 10.8. The number of carbonyl (C=O) groups excluding carboxylic acids is 2. The number of aliphatic hydroxyl groups excluding tert-OH is 1. The lowest BCUT2D eigenvalue weighted by molar-refractivity contribution is -0.153. The van der Waals surface area contributed by atoms with Crippen molar-refractivity contribution in [2.24, 2.45) is 0 Å². The van der Waals surface area contributed by atoms with Gasteiger partial charge in [0, 0.05) is 12.1 Å². The first kappa shape index (κ1) is 23.4. The van der Waals surface area contributed by atoms with Crippen molar-refractivity contribution in [3.8, 4) is 11.5 Å². The van der Waals surface area contributed by atoms with Gasteiger partial charge >= 0.3 is 11.9 Å². The molecule has 2 aromatic rings. The van der Waals surface area contributed by atoms with Crippen LogP contribution in [0.5, 0.6) is 11.5 Å². The highest BCUT2D eigenvalue weighted by molar-refractivity contribution is 5.76.